The van der Waals surface area contributed by atoms with Gasteiger partial charge in [0, 0.05) is 43.8 Å². The van der Waals surface area contributed by atoms with Crippen molar-refractivity contribution in [1.82, 2.24) is 4.90 Å². The summed E-state index contributed by atoms with van der Waals surface area (Å²) in [4.78, 5) is 38.2. The number of hydrogen-bond acceptors (Lipinski definition) is 8. The lowest BCUT2D eigenvalue weighted by Crippen LogP contribution is -2.62. The molecule has 1 heterocycles. The molecule has 0 aromatic carbocycles. The van der Waals surface area contributed by atoms with E-state index in [9.17, 15) is 19.5 Å². The first-order valence-electron chi connectivity index (χ1n) is 14.2. The molecule has 0 aromatic heterocycles. The second-order valence-corrected chi connectivity index (χ2v) is 12.9. The Morgan fingerprint density at radius 2 is 1.92 bits per heavy atom. The van der Waals surface area contributed by atoms with Gasteiger partial charge < -0.3 is 29.3 Å². The highest BCUT2D eigenvalue weighted by atomic mass is 16.6. The van der Waals surface area contributed by atoms with E-state index in [0.29, 0.717) is 18.3 Å². The van der Waals surface area contributed by atoms with Crippen molar-refractivity contribution in [2.45, 2.75) is 89.9 Å². The fourth-order valence-electron chi connectivity index (χ4n) is 9.49. The minimum absolute atomic E-state index is 0.00462. The number of hydrogen-bond donors (Lipinski definition) is 2. The Balaban J connectivity index is 1.39. The van der Waals surface area contributed by atoms with Crippen molar-refractivity contribution in [3.8, 4) is 0 Å². The van der Waals surface area contributed by atoms with Gasteiger partial charge in [-0.25, -0.2) is 9.59 Å². The number of carbonyl (C=O) groups excluding carboxylic acids is 3. The summed E-state index contributed by atoms with van der Waals surface area (Å²) in [5.41, 5.74) is -0.657. The van der Waals surface area contributed by atoms with E-state index in [1.807, 2.05) is 0 Å². The minimum atomic E-state index is -1.01. The van der Waals surface area contributed by atoms with Crippen LogP contribution in [-0.4, -0.2) is 77.8 Å². The van der Waals surface area contributed by atoms with Gasteiger partial charge in [-0.3, -0.25) is 4.79 Å². The molecular formula is C29H43NO8. The SMILES string of the molecule is CC(=O)OC1CC2(O)C3CCC4CC(N(C)C(=O)OCCO)CCC4(C)C3CCC2(C)C1C1=CC(=O)OC1. The number of ether oxygens (including phenoxy) is 3. The van der Waals surface area contributed by atoms with Gasteiger partial charge in [0.2, 0.25) is 0 Å². The number of rotatable bonds is 5. The lowest BCUT2D eigenvalue weighted by Gasteiger charge is -2.63. The topological polar surface area (TPSA) is 123 Å². The molecule has 9 unspecified atom stereocenters. The molecule has 0 radical (unpaired) electrons. The Labute approximate surface area is 224 Å². The van der Waals surface area contributed by atoms with Crippen LogP contribution in [-0.2, 0) is 23.8 Å². The van der Waals surface area contributed by atoms with Crippen LogP contribution in [0.5, 0.6) is 0 Å². The molecule has 1 amide bonds. The maximum atomic E-state index is 12.6. The van der Waals surface area contributed by atoms with E-state index in [4.69, 9.17) is 19.3 Å². The van der Waals surface area contributed by atoms with Crippen molar-refractivity contribution < 1.29 is 38.8 Å². The van der Waals surface area contributed by atoms with Crippen LogP contribution in [0, 0.1) is 34.5 Å². The van der Waals surface area contributed by atoms with Gasteiger partial charge in [-0.15, -0.1) is 0 Å². The van der Waals surface area contributed by atoms with E-state index in [0.717, 1.165) is 50.5 Å². The molecule has 0 spiro atoms. The Hall–Kier alpha value is -2.13. The summed E-state index contributed by atoms with van der Waals surface area (Å²) >= 11 is 0. The zero-order valence-electron chi connectivity index (χ0n) is 23.1. The predicted octanol–water partition coefficient (Wildman–Crippen LogP) is 3.21. The number of carbonyl (C=O) groups is 3. The highest BCUT2D eigenvalue weighted by molar-refractivity contribution is 5.85. The molecular weight excluding hydrogens is 490 g/mol. The summed E-state index contributed by atoms with van der Waals surface area (Å²) in [6.07, 6.45) is 7.41. The maximum absolute atomic E-state index is 12.6. The molecule has 9 nitrogen and oxygen atoms in total. The van der Waals surface area contributed by atoms with Gasteiger partial charge in [0.15, 0.2) is 0 Å². The van der Waals surface area contributed by atoms with Crippen LogP contribution in [0.1, 0.15) is 72.1 Å². The van der Waals surface area contributed by atoms with E-state index in [-0.39, 0.29) is 61.1 Å². The molecule has 9 atom stereocenters. The van der Waals surface area contributed by atoms with Crippen molar-refractivity contribution >= 4 is 18.0 Å². The number of cyclic esters (lactones) is 1. The van der Waals surface area contributed by atoms with Crippen LogP contribution in [0.15, 0.2) is 11.6 Å². The predicted molar refractivity (Wildman–Crippen MR) is 137 cm³/mol. The van der Waals surface area contributed by atoms with Crippen molar-refractivity contribution in [2.24, 2.45) is 34.5 Å². The van der Waals surface area contributed by atoms with E-state index >= 15 is 0 Å². The van der Waals surface area contributed by atoms with Gasteiger partial charge in [-0.1, -0.05) is 13.8 Å². The summed E-state index contributed by atoms with van der Waals surface area (Å²) in [5, 5.41) is 21.6. The van der Waals surface area contributed by atoms with E-state index in [1.54, 1.807) is 11.9 Å². The monoisotopic (exact) mass is 533 g/mol. The highest BCUT2D eigenvalue weighted by Crippen LogP contribution is 2.70. The molecule has 0 aromatic rings. The fraction of sp³-hybridized carbons (Fsp3) is 0.828. The first-order chi connectivity index (χ1) is 17.9. The van der Waals surface area contributed by atoms with Gasteiger partial charge in [-0.05, 0) is 73.7 Å². The van der Waals surface area contributed by atoms with Gasteiger partial charge in [0.1, 0.15) is 19.3 Å². The zero-order chi connectivity index (χ0) is 27.5. The van der Waals surface area contributed by atoms with Crippen molar-refractivity contribution in [1.29, 1.82) is 0 Å². The summed E-state index contributed by atoms with van der Waals surface area (Å²) in [5.74, 6) is -0.141. The molecule has 4 saturated carbocycles. The van der Waals surface area contributed by atoms with Crippen LogP contribution in [0.4, 0.5) is 4.79 Å². The molecule has 1 aliphatic heterocycles. The summed E-state index contributed by atoms with van der Waals surface area (Å²) in [6.45, 7) is 5.92. The third-order valence-electron chi connectivity index (χ3n) is 11.4. The molecule has 0 saturated heterocycles. The van der Waals surface area contributed by atoms with Gasteiger partial charge >= 0.3 is 18.0 Å². The van der Waals surface area contributed by atoms with Crippen LogP contribution >= 0.6 is 0 Å². The van der Waals surface area contributed by atoms with Crippen molar-refractivity contribution in [3.63, 3.8) is 0 Å². The van der Waals surface area contributed by atoms with E-state index < -0.39 is 17.1 Å². The highest BCUT2D eigenvalue weighted by Gasteiger charge is 2.71. The number of amides is 1. The number of aliphatic hydroxyl groups excluding tert-OH is 1. The Morgan fingerprint density at radius 1 is 1.16 bits per heavy atom. The second kappa shape index (κ2) is 9.81. The first-order valence-corrected chi connectivity index (χ1v) is 14.2. The molecule has 212 valence electrons. The number of nitrogens with zero attached hydrogens (tertiary/aromatic N) is 1. The average molecular weight is 534 g/mol. The van der Waals surface area contributed by atoms with E-state index in [1.165, 1.54) is 13.0 Å². The summed E-state index contributed by atoms with van der Waals surface area (Å²) in [6, 6.07) is 0.101. The first kappa shape index (κ1) is 27.4. The van der Waals surface area contributed by atoms with Gasteiger partial charge in [0.25, 0.3) is 0 Å². The largest absolute Gasteiger partial charge is 0.462 e. The molecule has 2 N–H and O–H groups in total. The normalized spacial score (nSPS) is 43.7. The molecule has 4 aliphatic carbocycles. The molecule has 38 heavy (non-hydrogen) atoms. The smallest absolute Gasteiger partial charge is 0.409 e. The van der Waals surface area contributed by atoms with Gasteiger partial charge in [-0.2, -0.15) is 0 Å². The number of aliphatic hydroxyl groups is 2. The number of esters is 2. The summed E-state index contributed by atoms with van der Waals surface area (Å²) < 4.78 is 16.2. The molecule has 5 aliphatic rings. The third kappa shape index (κ3) is 4.15. The Bertz CT molecular complexity index is 1010. The lowest BCUT2D eigenvalue weighted by atomic mass is 9.43. The van der Waals surface area contributed by atoms with Crippen LogP contribution < -0.4 is 0 Å². The van der Waals surface area contributed by atoms with Crippen molar-refractivity contribution in [3.05, 3.63) is 11.6 Å². The third-order valence-corrected chi connectivity index (χ3v) is 11.4. The quantitative estimate of drug-likeness (QED) is 0.408. The molecule has 4 fully saturated rings. The van der Waals surface area contributed by atoms with Crippen LogP contribution in [0.3, 0.4) is 0 Å². The minimum Gasteiger partial charge on any atom is -0.462 e. The molecule has 5 rings (SSSR count). The van der Waals surface area contributed by atoms with Gasteiger partial charge in [0.05, 0.1) is 12.2 Å². The summed E-state index contributed by atoms with van der Waals surface area (Å²) in [7, 11) is 1.79. The molecule has 0 bridgehead atoms. The Morgan fingerprint density at radius 3 is 2.58 bits per heavy atom. The second-order valence-electron chi connectivity index (χ2n) is 12.9. The van der Waals surface area contributed by atoms with Crippen LogP contribution in [0.25, 0.3) is 0 Å². The van der Waals surface area contributed by atoms with E-state index in [2.05, 4.69) is 13.8 Å². The standard InChI is InChI=1S/C29H43NO8/c1-17(32)38-23-15-29(35)22-6-5-19-14-20(30(4)26(34)36-12-11-31)7-9-27(19,2)21(22)8-10-28(29,3)25(23)18-13-24(33)37-16-18/h13,19-23,25,31,35H,5-12,14-16H2,1-4H3. The Kier molecular flexibility index (Phi) is 7.08. The van der Waals surface area contributed by atoms with Crippen molar-refractivity contribution in [2.75, 3.05) is 26.9 Å². The molecule has 9 heteroatoms. The maximum Gasteiger partial charge on any atom is 0.409 e. The zero-order valence-corrected chi connectivity index (χ0v) is 23.1. The average Bonchev–Trinajstić information content (AvgIpc) is 3.38. The number of fused-ring (bicyclic) bond motifs is 5. The lowest BCUT2D eigenvalue weighted by molar-refractivity contribution is -0.206. The fourth-order valence-corrected chi connectivity index (χ4v) is 9.49. The van der Waals surface area contributed by atoms with Crippen LogP contribution in [0.2, 0.25) is 0 Å².